The lowest BCUT2D eigenvalue weighted by Gasteiger charge is -2.13. The number of nitrogens with one attached hydrogen (secondary N) is 1. The summed E-state index contributed by atoms with van der Waals surface area (Å²) in [4.78, 5) is 0. The third-order valence-electron chi connectivity index (χ3n) is 2.79. The van der Waals surface area contributed by atoms with E-state index in [1.807, 2.05) is 26.2 Å². The molecule has 20 heavy (non-hydrogen) atoms. The molecule has 2 rings (SSSR count). The minimum Gasteiger partial charge on any atom is -0.487 e. The lowest BCUT2D eigenvalue weighted by atomic mass is 10.2. The van der Waals surface area contributed by atoms with Crippen LogP contribution in [0.4, 0.5) is 0 Å². The zero-order chi connectivity index (χ0) is 14.5. The average Bonchev–Trinajstić information content (AvgIpc) is 2.80. The third-order valence-corrected chi connectivity index (χ3v) is 3.29. The monoisotopic (exact) mass is 313 g/mol. The molecule has 4 nitrogen and oxygen atoms in total. The first-order valence-corrected chi connectivity index (χ1v) is 7.14. The Kier molecular flexibility index (Phi) is 5.29. The van der Waals surface area contributed by atoms with Crippen LogP contribution in [0.1, 0.15) is 18.1 Å². The van der Waals surface area contributed by atoms with Crippen molar-refractivity contribution in [2.75, 3.05) is 6.54 Å². The van der Waals surface area contributed by atoms with E-state index >= 15 is 0 Å². The van der Waals surface area contributed by atoms with E-state index in [4.69, 9.17) is 27.9 Å². The normalized spacial score (nSPS) is 10.8. The highest BCUT2D eigenvalue weighted by molar-refractivity contribution is 6.35. The third kappa shape index (κ3) is 3.88. The van der Waals surface area contributed by atoms with Gasteiger partial charge < -0.3 is 10.1 Å². The zero-order valence-corrected chi connectivity index (χ0v) is 13.0. The Morgan fingerprint density at radius 1 is 1.35 bits per heavy atom. The van der Waals surface area contributed by atoms with Crippen molar-refractivity contribution in [1.82, 2.24) is 15.1 Å². The number of hydrogen-bond donors (Lipinski definition) is 1. The maximum Gasteiger partial charge on any atom is 0.142 e. The lowest BCUT2D eigenvalue weighted by Crippen LogP contribution is -2.13. The van der Waals surface area contributed by atoms with Crippen LogP contribution in [0.5, 0.6) is 5.75 Å². The molecular weight excluding hydrogens is 297 g/mol. The minimum absolute atomic E-state index is 0.425. The Morgan fingerprint density at radius 3 is 2.80 bits per heavy atom. The standard InChI is InChI=1S/C14H17Cl2N3O/c1-3-17-7-11-4-12(15)5-13(16)14(11)20-9-10-6-18-19(2)8-10/h4-6,8,17H,3,7,9H2,1-2H3. The second-order valence-electron chi connectivity index (χ2n) is 4.47. The van der Waals surface area contributed by atoms with Crippen molar-refractivity contribution in [2.45, 2.75) is 20.1 Å². The highest BCUT2D eigenvalue weighted by Crippen LogP contribution is 2.33. The molecule has 1 heterocycles. The summed E-state index contributed by atoms with van der Waals surface area (Å²) in [6.07, 6.45) is 3.68. The molecule has 0 radical (unpaired) electrons. The Labute approximate surface area is 128 Å². The second-order valence-corrected chi connectivity index (χ2v) is 5.31. The number of aromatic nitrogens is 2. The molecule has 0 saturated carbocycles. The van der Waals surface area contributed by atoms with Crippen molar-refractivity contribution in [2.24, 2.45) is 7.05 Å². The van der Waals surface area contributed by atoms with Crippen LogP contribution >= 0.6 is 23.2 Å². The number of ether oxygens (including phenoxy) is 1. The van der Waals surface area contributed by atoms with Crippen molar-refractivity contribution < 1.29 is 4.74 Å². The van der Waals surface area contributed by atoms with Crippen LogP contribution in [0.3, 0.4) is 0 Å². The molecule has 0 atom stereocenters. The summed E-state index contributed by atoms with van der Waals surface area (Å²) >= 11 is 12.3. The fourth-order valence-corrected chi connectivity index (χ4v) is 2.46. The van der Waals surface area contributed by atoms with E-state index in [0.717, 1.165) is 17.7 Å². The van der Waals surface area contributed by atoms with Gasteiger partial charge in [-0.05, 0) is 18.7 Å². The van der Waals surface area contributed by atoms with Crippen LogP contribution in [-0.2, 0) is 20.2 Å². The molecule has 1 aromatic carbocycles. The number of aryl methyl sites for hydroxylation is 1. The van der Waals surface area contributed by atoms with E-state index in [2.05, 4.69) is 10.4 Å². The summed E-state index contributed by atoms with van der Waals surface area (Å²) in [5, 5.41) is 8.49. The number of hydrogen-bond acceptors (Lipinski definition) is 3. The molecule has 0 amide bonds. The molecule has 0 spiro atoms. The first-order valence-electron chi connectivity index (χ1n) is 6.39. The van der Waals surface area contributed by atoms with Gasteiger partial charge >= 0.3 is 0 Å². The van der Waals surface area contributed by atoms with Crippen LogP contribution in [0.25, 0.3) is 0 Å². The summed E-state index contributed by atoms with van der Waals surface area (Å²) in [5.41, 5.74) is 1.95. The minimum atomic E-state index is 0.425. The van der Waals surface area contributed by atoms with Crippen LogP contribution in [0.15, 0.2) is 24.5 Å². The molecule has 0 saturated heterocycles. The van der Waals surface area contributed by atoms with E-state index in [1.54, 1.807) is 16.9 Å². The Hall–Kier alpha value is -1.23. The lowest BCUT2D eigenvalue weighted by molar-refractivity contribution is 0.302. The van der Waals surface area contributed by atoms with Gasteiger partial charge in [-0.3, -0.25) is 4.68 Å². The number of benzene rings is 1. The van der Waals surface area contributed by atoms with Crippen molar-refractivity contribution in [1.29, 1.82) is 0 Å². The van der Waals surface area contributed by atoms with Crippen LogP contribution in [-0.4, -0.2) is 16.3 Å². The predicted molar refractivity (Wildman–Crippen MR) is 81.4 cm³/mol. The molecule has 0 unspecified atom stereocenters. The summed E-state index contributed by atoms with van der Waals surface area (Å²) in [6.45, 7) is 4.00. The van der Waals surface area contributed by atoms with Crippen LogP contribution < -0.4 is 10.1 Å². The molecule has 0 aliphatic heterocycles. The first kappa shape index (κ1) is 15.2. The number of nitrogens with zero attached hydrogens (tertiary/aromatic N) is 2. The SMILES string of the molecule is CCNCc1cc(Cl)cc(Cl)c1OCc1cnn(C)c1. The van der Waals surface area contributed by atoms with Crippen LogP contribution in [0.2, 0.25) is 10.0 Å². The maximum absolute atomic E-state index is 6.23. The van der Waals surface area contributed by atoms with Gasteiger partial charge in [-0.15, -0.1) is 0 Å². The topological polar surface area (TPSA) is 39.1 Å². The van der Waals surface area contributed by atoms with Crippen molar-refractivity contribution in [3.63, 3.8) is 0 Å². The van der Waals surface area contributed by atoms with Crippen molar-refractivity contribution in [3.05, 3.63) is 45.7 Å². The van der Waals surface area contributed by atoms with Gasteiger partial charge in [0.1, 0.15) is 12.4 Å². The highest BCUT2D eigenvalue weighted by Gasteiger charge is 2.11. The van der Waals surface area contributed by atoms with Gasteiger partial charge in [-0.25, -0.2) is 0 Å². The molecule has 0 aliphatic rings. The molecule has 2 aromatic rings. The number of halogens is 2. The van der Waals surface area contributed by atoms with E-state index in [1.165, 1.54) is 0 Å². The molecule has 0 bridgehead atoms. The second kappa shape index (κ2) is 6.97. The van der Waals surface area contributed by atoms with Crippen LogP contribution in [0, 0.1) is 0 Å². The first-order chi connectivity index (χ1) is 9.60. The summed E-state index contributed by atoms with van der Waals surface area (Å²) in [6, 6.07) is 3.56. The molecule has 0 fully saturated rings. The predicted octanol–water partition coefficient (Wildman–Crippen LogP) is 3.42. The van der Waals surface area contributed by atoms with Gasteiger partial charge in [0.05, 0.1) is 11.2 Å². The fraction of sp³-hybridized carbons (Fsp3) is 0.357. The Morgan fingerprint density at radius 2 is 2.15 bits per heavy atom. The smallest absolute Gasteiger partial charge is 0.142 e. The number of rotatable bonds is 6. The fourth-order valence-electron chi connectivity index (χ4n) is 1.87. The van der Waals surface area contributed by atoms with Gasteiger partial charge in [-0.2, -0.15) is 5.10 Å². The van der Waals surface area contributed by atoms with E-state index < -0.39 is 0 Å². The quantitative estimate of drug-likeness (QED) is 0.888. The molecule has 1 aromatic heterocycles. The molecule has 108 valence electrons. The molecular formula is C14H17Cl2N3O. The summed E-state index contributed by atoms with van der Waals surface area (Å²) in [7, 11) is 1.87. The van der Waals surface area contributed by atoms with Gasteiger partial charge in [0.15, 0.2) is 0 Å². The van der Waals surface area contributed by atoms with E-state index in [-0.39, 0.29) is 0 Å². The summed E-state index contributed by atoms with van der Waals surface area (Å²) < 4.78 is 7.57. The van der Waals surface area contributed by atoms with Gasteiger partial charge in [0, 0.05) is 35.9 Å². The Bertz CT molecular complexity index is 584. The van der Waals surface area contributed by atoms with E-state index in [9.17, 15) is 0 Å². The summed E-state index contributed by atoms with van der Waals surface area (Å²) in [5.74, 6) is 0.667. The zero-order valence-electron chi connectivity index (χ0n) is 11.5. The Balaban J connectivity index is 2.16. The van der Waals surface area contributed by atoms with Gasteiger partial charge in [0.2, 0.25) is 0 Å². The molecule has 0 aliphatic carbocycles. The van der Waals surface area contributed by atoms with Crippen molar-refractivity contribution in [3.8, 4) is 5.75 Å². The van der Waals surface area contributed by atoms with Gasteiger partial charge in [-0.1, -0.05) is 30.1 Å². The average molecular weight is 314 g/mol. The highest BCUT2D eigenvalue weighted by atomic mass is 35.5. The largest absolute Gasteiger partial charge is 0.487 e. The van der Waals surface area contributed by atoms with Gasteiger partial charge in [0.25, 0.3) is 0 Å². The maximum atomic E-state index is 6.23. The molecule has 1 N–H and O–H groups in total. The van der Waals surface area contributed by atoms with Crippen molar-refractivity contribution >= 4 is 23.2 Å². The molecule has 6 heteroatoms. The van der Waals surface area contributed by atoms with E-state index in [0.29, 0.717) is 28.9 Å².